The standard InChI is InChI=1S/C23H27N3O3/c1-17-13-23(28)24-22-14-20(7-8-21(17)22)29-16-19(27)15-25-9-11-26(12-10-25)18-5-3-2-4-6-18/h2-8,13-14,19,27H,9-12,15-16H2,1H3,(H,24,28). The third-order valence-corrected chi connectivity index (χ3v) is 5.43. The first-order chi connectivity index (χ1) is 14.1. The van der Waals surface area contributed by atoms with Crippen molar-refractivity contribution in [2.45, 2.75) is 13.0 Å². The number of anilines is 1. The van der Waals surface area contributed by atoms with Gasteiger partial charge in [-0.25, -0.2) is 0 Å². The predicted octanol–water partition coefficient (Wildman–Crippen LogP) is 2.40. The minimum absolute atomic E-state index is 0.123. The molecule has 4 rings (SSSR count). The van der Waals surface area contributed by atoms with Crippen LogP contribution in [-0.2, 0) is 0 Å². The normalized spacial score (nSPS) is 16.1. The lowest BCUT2D eigenvalue weighted by atomic mass is 10.1. The second kappa shape index (κ2) is 8.68. The van der Waals surface area contributed by atoms with Gasteiger partial charge in [0.15, 0.2) is 0 Å². The Hall–Kier alpha value is -2.83. The van der Waals surface area contributed by atoms with Crippen molar-refractivity contribution < 1.29 is 9.84 Å². The second-order valence-electron chi connectivity index (χ2n) is 7.61. The van der Waals surface area contributed by atoms with Crippen LogP contribution in [0, 0.1) is 6.92 Å². The number of benzene rings is 2. The summed E-state index contributed by atoms with van der Waals surface area (Å²) in [6.45, 7) is 6.47. The lowest BCUT2D eigenvalue weighted by Crippen LogP contribution is -2.49. The first-order valence-electron chi connectivity index (χ1n) is 10.1. The number of nitrogens with zero attached hydrogens (tertiary/aromatic N) is 2. The Kier molecular flexibility index (Phi) is 5.83. The van der Waals surface area contributed by atoms with Gasteiger partial charge in [0.25, 0.3) is 0 Å². The van der Waals surface area contributed by atoms with E-state index >= 15 is 0 Å². The van der Waals surface area contributed by atoms with E-state index in [1.807, 2.05) is 31.2 Å². The highest BCUT2D eigenvalue weighted by Gasteiger charge is 2.19. The molecule has 1 aliphatic heterocycles. The number of aliphatic hydroxyl groups excluding tert-OH is 1. The highest BCUT2D eigenvalue weighted by Crippen LogP contribution is 2.21. The highest BCUT2D eigenvalue weighted by molar-refractivity contribution is 5.82. The van der Waals surface area contributed by atoms with Gasteiger partial charge < -0.3 is 19.7 Å². The van der Waals surface area contributed by atoms with Crippen molar-refractivity contribution >= 4 is 16.6 Å². The summed E-state index contributed by atoms with van der Waals surface area (Å²) in [5.41, 5.74) is 2.81. The lowest BCUT2D eigenvalue weighted by molar-refractivity contribution is 0.0663. The number of hydrogen-bond acceptors (Lipinski definition) is 5. The number of ether oxygens (including phenoxy) is 1. The summed E-state index contributed by atoms with van der Waals surface area (Å²) in [5, 5.41) is 11.4. The van der Waals surface area contributed by atoms with Crippen LogP contribution in [0.1, 0.15) is 5.56 Å². The fourth-order valence-corrected chi connectivity index (χ4v) is 3.87. The molecule has 1 aliphatic rings. The van der Waals surface area contributed by atoms with Crippen molar-refractivity contribution in [3.8, 4) is 5.75 Å². The van der Waals surface area contributed by atoms with Crippen LogP contribution in [0.15, 0.2) is 59.4 Å². The molecule has 0 spiro atoms. The van der Waals surface area contributed by atoms with Crippen molar-refractivity contribution in [2.24, 2.45) is 0 Å². The Morgan fingerprint density at radius 1 is 1.07 bits per heavy atom. The lowest BCUT2D eigenvalue weighted by Gasteiger charge is -2.36. The zero-order valence-corrected chi connectivity index (χ0v) is 16.7. The van der Waals surface area contributed by atoms with Crippen LogP contribution in [0.3, 0.4) is 0 Å². The molecule has 152 valence electrons. The second-order valence-corrected chi connectivity index (χ2v) is 7.61. The summed E-state index contributed by atoms with van der Waals surface area (Å²) >= 11 is 0. The molecule has 2 heterocycles. The van der Waals surface area contributed by atoms with Gasteiger partial charge in [0.1, 0.15) is 18.5 Å². The van der Waals surface area contributed by atoms with Crippen LogP contribution < -0.4 is 15.2 Å². The number of aliphatic hydroxyl groups is 1. The molecule has 1 saturated heterocycles. The summed E-state index contributed by atoms with van der Waals surface area (Å²) in [6, 6.07) is 17.6. The first kappa shape index (κ1) is 19.5. The number of rotatable bonds is 6. The summed E-state index contributed by atoms with van der Waals surface area (Å²) in [4.78, 5) is 19.1. The third kappa shape index (κ3) is 4.78. The minimum Gasteiger partial charge on any atom is -0.491 e. The summed E-state index contributed by atoms with van der Waals surface area (Å²) in [5.74, 6) is 0.645. The van der Waals surface area contributed by atoms with Gasteiger partial charge in [-0.1, -0.05) is 18.2 Å². The number of pyridine rings is 1. The van der Waals surface area contributed by atoms with Gasteiger partial charge in [-0.2, -0.15) is 0 Å². The van der Waals surface area contributed by atoms with E-state index in [2.05, 4.69) is 39.0 Å². The smallest absolute Gasteiger partial charge is 0.248 e. The van der Waals surface area contributed by atoms with E-state index < -0.39 is 6.10 Å². The minimum atomic E-state index is -0.564. The molecule has 1 atom stereocenters. The zero-order valence-electron chi connectivity index (χ0n) is 16.7. The molecule has 1 unspecified atom stereocenters. The number of aromatic nitrogens is 1. The SMILES string of the molecule is Cc1cc(=O)[nH]c2cc(OCC(O)CN3CCN(c4ccccc4)CC3)ccc12. The van der Waals surface area contributed by atoms with Crippen LogP contribution in [0.5, 0.6) is 5.75 Å². The molecule has 3 aromatic rings. The molecule has 6 nitrogen and oxygen atoms in total. The number of hydrogen-bond donors (Lipinski definition) is 2. The van der Waals surface area contributed by atoms with Gasteiger partial charge in [0.05, 0.1) is 5.52 Å². The monoisotopic (exact) mass is 393 g/mol. The maximum atomic E-state index is 11.7. The van der Waals surface area contributed by atoms with Crippen LogP contribution >= 0.6 is 0 Å². The molecule has 29 heavy (non-hydrogen) atoms. The average Bonchev–Trinajstić information content (AvgIpc) is 2.73. The van der Waals surface area contributed by atoms with Gasteiger partial charge in [-0.3, -0.25) is 9.69 Å². The van der Waals surface area contributed by atoms with Gasteiger partial charge in [0, 0.05) is 55.9 Å². The summed E-state index contributed by atoms with van der Waals surface area (Å²) in [7, 11) is 0. The Morgan fingerprint density at radius 3 is 2.59 bits per heavy atom. The molecule has 1 fully saturated rings. The zero-order chi connectivity index (χ0) is 20.2. The van der Waals surface area contributed by atoms with Crippen LogP contribution in [0.4, 0.5) is 5.69 Å². The molecule has 0 amide bonds. The van der Waals surface area contributed by atoms with Crippen LogP contribution in [-0.4, -0.2) is 60.4 Å². The fraction of sp³-hybridized carbons (Fsp3) is 0.348. The van der Waals surface area contributed by atoms with E-state index in [0.29, 0.717) is 12.3 Å². The average molecular weight is 393 g/mol. The molecule has 1 aromatic heterocycles. The highest BCUT2D eigenvalue weighted by atomic mass is 16.5. The number of aryl methyl sites for hydroxylation is 1. The molecule has 2 N–H and O–H groups in total. The number of piperazine rings is 1. The maximum absolute atomic E-state index is 11.7. The van der Waals surface area contributed by atoms with Crippen molar-refractivity contribution in [1.82, 2.24) is 9.88 Å². The number of β-amino-alcohol motifs (C(OH)–C–C–N with tert-alkyl or cyclic N) is 1. The van der Waals surface area contributed by atoms with Crippen LogP contribution in [0.25, 0.3) is 10.9 Å². The van der Waals surface area contributed by atoms with Crippen molar-refractivity contribution in [3.05, 3.63) is 70.5 Å². The number of fused-ring (bicyclic) bond motifs is 1. The maximum Gasteiger partial charge on any atom is 0.248 e. The predicted molar refractivity (Wildman–Crippen MR) is 116 cm³/mol. The molecule has 0 radical (unpaired) electrons. The Balaban J connectivity index is 1.28. The third-order valence-electron chi connectivity index (χ3n) is 5.43. The number of H-pyrrole nitrogens is 1. The summed E-state index contributed by atoms with van der Waals surface area (Å²) in [6.07, 6.45) is -0.564. The fourth-order valence-electron chi connectivity index (χ4n) is 3.87. The molecule has 2 aromatic carbocycles. The molecule has 6 heteroatoms. The van der Waals surface area contributed by atoms with E-state index in [4.69, 9.17) is 4.74 Å². The molecular weight excluding hydrogens is 366 g/mol. The van der Waals surface area contributed by atoms with E-state index in [9.17, 15) is 9.90 Å². The van der Waals surface area contributed by atoms with Gasteiger partial charge in [-0.15, -0.1) is 0 Å². The molecule has 0 bridgehead atoms. The van der Waals surface area contributed by atoms with Gasteiger partial charge in [0.2, 0.25) is 5.56 Å². The Morgan fingerprint density at radius 2 is 1.83 bits per heavy atom. The molecule has 0 saturated carbocycles. The Labute approximate surface area is 170 Å². The van der Waals surface area contributed by atoms with E-state index in [-0.39, 0.29) is 12.2 Å². The molecular formula is C23H27N3O3. The van der Waals surface area contributed by atoms with Crippen molar-refractivity contribution in [2.75, 3.05) is 44.2 Å². The van der Waals surface area contributed by atoms with Gasteiger partial charge in [-0.05, 0) is 36.8 Å². The summed E-state index contributed by atoms with van der Waals surface area (Å²) < 4.78 is 5.78. The van der Waals surface area contributed by atoms with Crippen LogP contribution in [0.2, 0.25) is 0 Å². The van der Waals surface area contributed by atoms with E-state index in [1.165, 1.54) is 5.69 Å². The largest absolute Gasteiger partial charge is 0.491 e. The topological polar surface area (TPSA) is 68.8 Å². The van der Waals surface area contributed by atoms with E-state index in [1.54, 1.807) is 6.07 Å². The number of para-hydroxylation sites is 1. The van der Waals surface area contributed by atoms with Crippen molar-refractivity contribution in [3.63, 3.8) is 0 Å². The van der Waals surface area contributed by atoms with Gasteiger partial charge >= 0.3 is 0 Å². The number of aromatic amines is 1. The first-order valence-corrected chi connectivity index (χ1v) is 10.1. The van der Waals surface area contributed by atoms with Crippen molar-refractivity contribution in [1.29, 1.82) is 0 Å². The Bertz CT molecular complexity index is 1010. The number of nitrogens with one attached hydrogen (secondary N) is 1. The molecule has 0 aliphatic carbocycles. The quantitative estimate of drug-likeness (QED) is 0.673. The van der Waals surface area contributed by atoms with E-state index in [0.717, 1.165) is 42.6 Å².